The molecule has 0 amide bonds. The van der Waals surface area contributed by atoms with Gasteiger partial charge in [-0.15, -0.1) is 0 Å². The van der Waals surface area contributed by atoms with Crippen molar-refractivity contribution in [2.75, 3.05) is 18.5 Å². The molecule has 0 radical (unpaired) electrons. The lowest BCUT2D eigenvalue weighted by molar-refractivity contribution is 0.329. The average molecular weight is 242 g/mol. The van der Waals surface area contributed by atoms with E-state index in [1.807, 2.05) is 31.2 Å². The van der Waals surface area contributed by atoms with E-state index in [2.05, 4.69) is 29.4 Å². The van der Waals surface area contributed by atoms with E-state index in [1.165, 1.54) is 5.56 Å². The van der Waals surface area contributed by atoms with Crippen LogP contribution < -0.4 is 10.1 Å². The van der Waals surface area contributed by atoms with Gasteiger partial charge in [-0.2, -0.15) is 0 Å². The smallest absolute Gasteiger partial charge is 0.140 e. The molecule has 0 unspecified atom stereocenters. The van der Waals surface area contributed by atoms with E-state index < -0.39 is 0 Å². The number of benzene rings is 1. The monoisotopic (exact) mass is 242 g/mol. The van der Waals surface area contributed by atoms with Gasteiger partial charge in [-0.1, -0.05) is 18.2 Å². The van der Waals surface area contributed by atoms with Crippen LogP contribution in [-0.2, 0) is 0 Å². The molecule has 0 fully saturated rings. The summed E-state index contributed by atoms with van der Waals surface area (Å²) in [6, 6.07) is 12.1. The minimum absolute atomic E-state index is 0.626. The van der Waals surface area contributed by atoms with Crippen LogP contribution in [0.15, 0.2) is 42.6 Å². The van der Waals surface area contributed by atoms with Crippen molar-refractivity contribution in [3.8, 4) is 5.75 Å². The quantitative estimate of drug-likeness (QED) is 0.818. The Balaban J connectivity index is 1.80. The van der Waals surface area contributed by atoms with E-state index >= 15 is 0 Å². The summed E-state index contributed by atoms with van der Waals surface area (Å²) in [6.45, 7) is 5.44. The maximum Gasteiger partial charge on any atom is 0.140 e. The van der Waals surface area contributed by atoms with Gasteiger partial charge >= 0.3 is 0 Å². The predicted molar refractivity (Wildman–Crippen MR) is 74.1 cm³/mol. The Hall–Kier alpha value is -2.03. The van der Waals surface area contributed by atoms with Gasteiger partial charge < -0.3 is 10.1 Å². The van der Waals surface area contributed by atoms with Crippen LogP contribution in [-0.4, -0.2) is 18.1 Å². The van der Waals surface area contributed by atoms with Crippen LogP contribution in [0.25, 0.3) is 0 Å². The standard InChI is InChI=1S/C15H18N2O/c1-12-6-3-4-7-14(12)17-10-11-18-15-8-5-9-16-13(15)2/h3-9,17H,10-11H2,1-2H3. The van der Waals surface area contributed by atoms with Crippen LogP contribution in [0.5, 0.6) is 5.75 Å². The average Bonchev–Trinajstić information content (AvgIpc) is 2.38. The first-order chi connectivity index (χ1) is 8.77. The van der Waals surface area contributed by atoms with Crippen molar-refractivity contribution in [1.82, 2.24) is 4.98 Å². The topological polar surface area (TPSA) is 34.1 Å². The Morgan fingerprint density at radius 3 is 2.72 bits per heavy atom. The van der Waals surface area contributed by atoms with Gasteiger partial charge in [0.25, 0.3) is 0 Å². The molecule has 0 saturated heterocycles. The number of anilines is 1. The minimum atomic E-state index is 0.626. The molecule has 3 heteroatoms. The summed E-state index contributed by atoms with van der Waals surface area (Å²) in [7, 11) is 0. The largest absolute Gasteiger partial charge is 0.490 e. The molecule has 0 aliphatic rings. The van der Waals surface area contributed by atoms with Crippen molar-refractivity contribution in [2.24, 2.45) is 0 Å². The highest BCUT2D eigenvalue weighted by Gasteiger charge is 1.99. The SMILES string of the molecule is Cc1ccccc1NCCOc1cccnc1C. The molecule has 1 heterocycles. The predicted octanol–water partition coefficient (Wildman–Crippen LogP) is 3.19. The molecule has 0 aliphatic heterocycles. The van der Waals surface area contributed by atoms with Gasteiger partial charge in [-0.05, 0) is 37.6 Å². The van der Waals surface area contributed by atoms with Crippen LogP contribution in [0, 0.1) is 13.8 Å². The van der Waals surface area contributed by atoms with Crippen LogP contribution in [0.4, 0.5) is 5.69 Å². The third-order valence-corrected chi connectivity index (χ3v) is 2.78. The third-order valence-electron chi connectivity index (χ3n) is 2.78. The van der Waals surface area contributed by atoms with E-state index in [4.69, 9.17) is 4.74 Å². The van der Waals surface area contributed by atoms with E-state index in [1.54, 1.807) is 6.20 Å². The molecule has 1 N–H and O–H groups in total. The Kier molecular flexibility index (Phi) is 4.18. The number of rotatable bonds is 5. The summed E-state index contributed by atoms with van der Waals surface area (Å²) < 4.78 is 5.67. The first-order valence-corrected chi connectivity index (χ1v) is 6.11. The summed E-state index contributed by atoms with van der Waals surface area (Å²) in [4.78, 5) is 4.18. The van der Waals surface area contributed by atoms with Crippen molar-refractivity contribution < 1.29 is 4.74 Å². The molecule has 94 valence electrons. The minimum Gasteiger partial charge on any atom is -0.490 e. The zero-order valence-corrected chi connectivity index (χ0v) is 10.8. The van der Waals surface area contributed by atoms with Gasteiger partial charge in [-0.25, -0.2) is 0 Å². The number of nitrogens with one attached hydrogen (secondary N) is 1. The second-order valence-corrected chi connectivity index (χ2v) is 4.18. The lowest BCUT2D eigenvalue weighted by atomic mass is 10.2. The van der Waals surface area contributed by atoms with Crippen LogP contribution in [0.3, 0.4) is 0 Å². The van der Waals surface area contributed by atoms with Gasteiger partial charge in [0.1, 0.15) is 12.4 Å². The van der Waals surface area contributed by atoms with Crippen molar-refractivity contribution in [2.45, 2.75) is 13.8 Å². The summed E-state index contributed by atoms with van der Waals surface area (Å²) in [6.07, 6.45) is 1.77. The fourth-order valence-corrected chi connectivity index (χ4v) is 1.74. The Bertz CT molecular complexity index is 464. The zero-order chi connectivity index (χ0) is 12.8. The van der Waals surface area contributed by atoms with Crippen LogP contribution in [0.2, 0.25) is 0 Å². The molecule has 1 aromatic heterocycles. The summed E-state index contributed by atoms with van der Waals surface area (Å²) in [5.74, 6) is 0.851. The van der Waals surface area contributed by atoms with Crippen LogP contribution >= 0.6 is 0 Å². The number of aromatic nitrogens is 1. The molecule has 0 spiro atoms. The Morgan fingerprint density at radius 2 is 1.94 bits per heavy atom. The first kappa shape index (κ1) is 12.4. The normalized spacial score (nSPS) is 10.1. The second-order valence-electron chi connectivity index (χ2n) is 4.18. The van der Waals surface area contributed by atoms with Crippen molar-refractivity contribution >= 4 is 5.69 Å². The van der Waals surface area contributed by atoms with Gasteiger partial charge in [0.05, 0.1) is 5.69 Å². The summed E-state index contributed by atoms with van der Waals surface area (Å²) in [5, 5.41) is 3.36. The fraction of sp³-hybridized carbons (Fsp3) is 0.267. The van der Waals surface area contributed by atoms with Gasteiger partial charge in [0.15, 0.2) is 0 Å². The molecule has 0 aliphatic carbocycles. The molecular formula is C15H18N2O. The van der Waals surface area contributed by atoms with Crippen LogP contribution in [0.1, 0.15) is 11.3 Å². The summed E-state index contributed by atoms with van der Waals surface area (Å²) in [5.41, 5.74) is 3.33. The second kappa shape index (κ2) is 6.05. The third kappa shape index (κ3) is 3.23. The maximum absolute atomic E-state index is 5.67. The lowest BCUT2D eigenvalue weighted by Gasteiger charge is -2.11. The molecule has 1 aromatic carbocycles. The van der Waals surface area contributed by atoms with E-state index in [0.717, 1.165) is 23.7 Å². The molecule has 18 heavy (non-hydrogen) atoms. The molecule has 0 saturated carbocycles. The van der Waals surface area contributed by atoms with E-state index in [0.29, 0.717) is 6.61 Å². The van der Waals surface area contributed by atoms with Crippen molar-refractivity contribution in [3.63, 3.8) is 0 Å². The molecule has 0 bridgehead atoms. The Morgan fingerprint density at radius 1 is 1.11 bits per heavy atom. The number of nitrogens with zero attached hydrogens (tertiary/aromatic N) is 1. The van der Waals surface area contributed by atoms with Crippen molar-refractivity contribution in [1.29, 1.82) is 0 Å². The lowest BCUT2D eigenvalue weighted by Crippen LogP contribution is -2.12. The summed E-state index contributed by atoms with van der Waals surface area (Å²) >= 11 is 0. The number of aryl methyl sites for hydroxylation is 2. The van der Waals surface area contributed by atoms with E-state index in [-0.39, 0.29) is 0 Å². The first-order valence-electron chi connectivity index (χ1n) is 6.11. The number of hydrogen-bond donors (Lipinski definition) is 1. The number of pyridine rings is 1. The zero-order valence-electron chi connectivity index (χ0n) is 10.8. The molecule has 0 atom stereocenters. The molecule has 2 aromatic rings. The molecule has 2 rings (SSSR count). The highest BCUT2D eigenvalue weighted by atomic mass is 16.5. The van der Waals surface area contributed by atoms with Crippen molar-refractivity contribution in [3.05, 3.63) is 53.9 Å². The highest BCUT2D eigenvalue weighted by Crippen LogP contribution is 2.14. The molecular weight excluding hydrogens is 224 g/mol. The van der Waals surface area contributed by atoms with Gasteiger partial charge in [0.2, 0.25) is 0 Å². The number of hydrogen-bond acceptors (Lipinski definition) is 3. The Labute approximate surface area is 108 Å². The maximum atomic E-state index is 5.67. The van der Waals surface area contributed by atoms with Gasteiger partial charge in [-0.3, -0.25) is 4.98 Å². The van der Waals surface area contributed by atoms with Gasteiger partial charge in [0, 0.05) is 18.4 Å². The van der Waals surface area contributed by atoms with E-state index in [9.17, 15) is 0 Å². The fourth-order valence-electron chi connectivity index (χ4n) is 1.74. The number of para-hydroxylation sites is 1. The highest BCUT2D eigenvalue weighted by molar-refractivity contribution is 5.50. The molecule has 3 nitrogen and oxygen atoms in total. The number of ether oxygens (including phenoxy) is 1.